The minimum Gasteiger partial charge on any atom is -0.478 e. The number of hydrogen-bond donors (Lipinski definition) is 1. The topological polar surface area (TPSA) is 37.3 Å². The van der Waals surface area contributed by atoms with Gasteiger partial charge >= 0.3 is 5.97 Å². The van der Waals surface area contributed by atoms with Crippen LogP contribution in [0.1, 0.15) is 12.5 Å². The molecule has 2 rings (SSSR count). The molecule has 80 valence electrons. The van der Waals surface area contributed by atoms with E-state index in [-0.39, 0.29) is 0 Å². The third-order valence-electron chi connectivity index (χ3n) is 2.54. The molecule has 0 spiro atoms. The van der Waals surface area contributed by atoms with Crippen LogP contribution in [-0.4, -0.2) is 11.1 Å². The quantitative estimate of drug-likeness (QED) is 0.775. The number of rotatable bonds is 2. The van der Waals surface area contributed by atoms with Crippen LogP contribution in [0.25, 0.3) is 16.3 Å². The van der Waals surface area contributed by atoms with Crippen molar-refractivity contribution in [1.29, 1.82) is 0 Å². The lowest BCUT2D eigenvalue weighted by Gasteiger charge is -2.03. The third kappa shape index (κ3) is 2.11. The largest absolute Gasteiger partial charge is 0.478 e. The summed E-state index contributed by atoms with van der Waals surface area (Å²) < 4.78 is 0. The highest BCUT2D eigenvalue weighted by atomic mass is 16.4. The van der Waals surface area contributed by atoms with Crippen molar-refractivity contribution in [1.82, 2.24) is 0 Å². The Balaban J connectivity index is 2.51. The van der Waals surface area contributed by atoms with Gasteiger partial charge in [-0.1, -0.05) is 36.4 Å². The van der Waals surface area contributed by atoms with Crippen molar-refractivity contribution < 1.29 is 9.90 Å². The lowest BCUT2D eigenvalue weighted by atomic mass is 10.0. The molecule has 0 heterocycles. The molecule has 2 nitrogen and oxygen atoms in total. The first kappa shape index (κ1) is 10.4. The smallest absolute Gasteiger partial charge is 0.328 e. The fourth-order valence-corrected chi connectivity index (χ4v) is 1.70. The summed E-state index contributed by atoms with van der Waals surface area (Å²) in [6.45, 7) is 1.80. The first-order chi connectivity index (χ1) is 7.66. The fraction of sp³-hybridized carbons (Fsp3) is 0.0714. The van der Waals surface area contributed by atoms with Crippen LogP contribution >= 0.6 is 0 Å². The summed E-state index contributed by atoms with van der Waals surface area (Å²) in [4.78, 5) is 10.6. The predicted molar refractivity (Wildman–Crippen MR) is 65.2 cm³/mol. The normalized spacial score (nSPS) is 11.7. The Kier molecular flexibility index (Phi) is 2.73. The van der Waals surface area contributed by atoms with Crippen LogP contribution in [0.5, 0.6) is 0 Å². The molecule has 0 fully saturated rings. The molecule has 0 saturated heterocycles. The lowest BCUT2D eigenvalue weighted by Crippen LogP contribution is -1.90. The molecule has 0 aromatic heterocycles. The molecule has 0 saturated carbocycles. The van der Waals surface area contributed by atoms with E-state index in [1.165, 1.54) is 6.08 Å². The van der Waals surface area contributed by atoms with Crippen LogP contribution in [0, 0.1) is 0 Å². The van der Waals surface area contributed by atoms with Gasteiger partial charge in [-0.3, -0.25) is 0 Å². The molecule has 2 heteroatoms. The van der Waals surface area contributed by atoms with E-state index in [1.807, 2.05) is 42.5 Å². The average Bonchev–Trinajstić information content (AvgIpc) is 2.27. The molecule has 2 aromatic rings. The minimum absolute atomic E-state index is 0.762. The van der Waals surface area contributed by atoms with Crippen molar-refractivity contribution in [3.05, 3.63) is 54.1 Å². The average molecular weight is 212 g/mol. The van der Waals surface area contributed by atoms with Crippen LogP contribution < -0.4 is 0 Å². The molecule has 2 aromatic carbocycles. The zero-order valence-electron chi connectivity index (χ0n) is 8.97. The molecule has 0 atom stereocenters. The van der Waals surface area contributed by atoms with Crippen LogP contribution in [-0.2, 0) is 4.79 Å². The summed E-state index contributed by atoms with van der Waals surface area (Å²) in [5, 5.41) is 11.0. The molecular weight excluding hydrogens is 200 g/mol. The Bertz CT molecular complexity index is 568. The van der Waals surface area contributed by atoms with Gasteiger partial charge in [0.15, 0.2) is 0 Å². The second-order valence-electron chi connectivity index (χ2n) is 3.73. The number of fused-ring (bicyclic) bond motifs is 1. The summed E-state index contributed by atoms with van der Waals surface area (Å²) in [6.07, 6.45) is 1.23. The van der Waals surface area contributed by atoms with Crippen molar-refractivity contribution in [2.24, 2.45) is 0 Å². The molecule has 0 unspecified atom stereocenters. The summed E-state index contributed by atoms with van der Waals surface area (Å²) in [5.41, 5.74) is 1.71. The van der Waals surface area contributed by atoms with Crippen LogP contribution in [0.3, 0.4) is 0 Å². The van der Waals surface area contributed by atoms with E-state index in [9.17, 15) is 4.79 Å². The highest BCUT2D eigenvalue weighted by Crippen LogP contribution is 2.20. The van der Waals surface area contributed by atoms with Gasteiger partial charge in [0.1, 0.15) is 0 Å². The lowest BCUT2D eigenvalue weighted by molar-refractivity contribution is -0.131. The van der Waals surface area contributed by atoms with Gasteiger partial charge in [0, 0.05) is 6.08 Å². The summed E-state index contributed by atoms with van der Waals surface area (Å²) in [6, 6.07) is 14.0. The number of hydrogen-bond acceptors (Lipinski definition) is 1. The summed E-state index contributed by atoms with van der Waals surface area (Å²) in [7, 11) is 0. The maximum absolute atomic E-state index is 10.6. The zero-order valence-corrected chi connectivity index (χ0v) is 8.97. The monoisotopic (exact) mass is 212 g/mol. The Morgan fingerprint density at radius 2 is 1.81 bits per heavy atom. The summed E-state index contributed by atoms with van der Waals surface area (Å²) >= 11 is 0. The first-order valence-corrected chi connectivity index (χ1v) is 5.07. The maximum atomic E-state index is 10.6. The van der Waals surface area contributed by atoms with Gasteiger partial charge < -0.3 is 5.11 Å². The standard InChI is InChI=1S/C14H12O2/c1-10(8-14(15)16)12-7-6-11-4-2-3-5-13(11)9-12/h2-9H,1H3,(H,15,16)/b10-8-. The summed E-state index contributed by atoms with van der Waals surface area (Å²) in [5.74, 6) is -0.911. The van der Waals surface area contributed by atoms with Crippen molar-refractivity contribution in [2.45, 2.75) is 6.92 Å². The maximum Gasteiger partial charge on any atom is 0.328 e. The Hall–Kier alpha value is -2.09. The van der Waals surface area contributed by atoms with Gasteiger partial charge in [0.25, 0.3) is 0 Å². The highest BCUT2D eigenvalue weighted by molar-refractivity contribution is 5.92. The molecule has 0 amide bonds. The van der Waals surface area contributed by atoms with Gasteiger partial charge in [0.05, 0.1) is 0 Å². The number of benzene rings is 2. The van der Waals surface area contributed by atoms with E-state index < -0.39 is 5.97 Å². The Morgan fingerprint density at radius 3 is 2.50 bits per heavy atom. The molecule has 16 heavy (non-hydrogen) atoms. The number of carboxylic acid groups (broad SMARTS) is 1. The zero-order chi connectivity index (χ0) is 11.5. The molecule has 0 aliphatic heterocycles. The molecule has 0 radical (unpaired) electrons. The van der Waals surface area contributed by atoms with E-state index in [0.29, 0.717) is 0 Å². The molecule has 1 N–H and O–H groups in total. The van der Waals surface area contributed by atoms with Crippen molar-refractivity contribution in [3.63, 3.8) is 0 Å². The number of carbonyl (C=O) groups is 1. The van der Waals surface area contributed by atoms with E-state index in [2.05, 4.69) is 0 Å². The van der Waals surface area contributed by atoms with Crippen LogP contribution in [0.2, 0.25) is 0 Å². The molecule has 0 bridgehead atoms. The van der Waals surface area contributed by atoms with Gasteiger partial charge in [0.2, 0.25) is 0 Å². The molecule has 0 aliphatic rings. The van der Waals surface area contributed by atoms with E-state index in [0.717, 1.165) is 21.9 Å². The minimum atomic E-state index is -0.911. The Morgan fingerprint density at radius 1 is 1.12 bits per heavy atom. The fourth-order valence-electron chi connectivity index (χ4n) is 1.70. The van der Waals surface area contributed by atoms with Crippen molar-refractivity contribution in [2.75, 3.05) is 0 Å². The SMILES string of the molecule is C/C(=C/C(=O)O)c1ccc2ccccc2c1. The van der Waals surface area contributed by atoms with Crippen LogP contribution in [0.15, 0.2) is 48.5 Å². The van der Waals surface area contributed by atoms with Crippen molar-refractivity contribution >= 4 is 22.3 Å². The number of aliphatic carboxylic acids is 1. The number of carboxylic acids is 1. The van der Waals surface area contributed by atoms with Crippen molar-refractivity contribution in [3.8, 4) is 0 Å². The molecular formula is C14H12O2. The van der Waals surface area contributed by atoms with Gasteiger partial charge in [-0.2, -0.15) is 0 Å². The van der Waals surface area contributed by atoms with E-state index in [4.69, 9.17) is 5.11 Å². The van der Waals surface area contributed by atoms with Gasteiger partial charge in [-0.25, -0.2) is 4.79 Å². The second-order valence-corrected chi connectivity index (χ2v) is 3.73. The van der Waals surface area contributed by atoms with E-state index >= 15 is 0 Å². The van der Waals surface area contributed by atoms with Crippen LogP contribution in [0.4, 0.5) is 0 Å². The van der Waals surface area contributed by atoms with E-state index in [1.54, 1.807) is 6.92 Å². The van der Waals surface area contributed by atoms with Gasteiger partial charge in [-0.15, -0.1) is 0 Å². The highest BCUT2D eigenvalue weighted by Gasteiger charge is 2.00. The Labute approximate surface area is 93.8 Å². The first-order valence-electron chi connectivity index (χ1n) is 5.07. The second kappa shape index (κ2) is 4.19. The molecule has 0 aliphatic carbocycles. The predicted octanol–water partition coefficient (Wildman–Crippen LogP) is 3.33. The number of allylic oxidation sites excluding steroid dienone is 1. The third-order valence-corrected chi connectivity index (χ3v) is 2.54. The van der Waals surface area contributed by atoms with Gasteiger partial charge in [-0.05, 0) is 34.9 Å².